The molecule has 25 heavy (non-hydrogen) atoms. The number of ether oxygens (including phenoxy) is 1. The van der Waals surface area contributed by atoms with Gasteiger partial charge in [0.1, 0.15) is 11.5 Å². The SMILES string of the molecule is COc1ccc(NC(=O)C(=O)NCC(c2ccco2)N(C)C)cc1Cl. The van der Waals surface area contributed by atoms with Crippen LogP contribution in [0.3, 0.4) is 0 Å². The molecular weight excluding hydrogens is 346 g/mol. The van der Waals surface area contributed by atoms with Crippen LogP contribution in [0.25, 0.3) is 0 Å². The predicted molar refractivity (Wildman–Crippen MR) is 94.8 cm³/mol. The summed E-state index contributed by atoms with van der Waals surface area (Å²) < 4.78 is 10.4. The first-order valence-corrected chi connectivity index (χ1v) is 7.92. The lowest BCUT2D eigenvalue weighted by Crippen LogP contribution is -2.40. The van der Waals surface area contributed by atoms with E-state index >= 15 is 0 Å². The number of anilines is 1. The van der Waals surface area contributed by atoms with Crippen LogP contribution in [0, 0.1) is 0 Å². The van der Waals surface area contributed by atoms with Crippen molar-refractivity contribution in [2.75, 3.05) is 33.1 Å². The molecule has 1 heterocycles. The second-order valence-electron chi connectivity index (χ2n) is 5.51. The highest BCUT2D eigenvalue weighted by Gasteiger charge is 2.20. The van der Waals surface area contributed by atoms with Crippen LogP contribution in [-0.2, 0) is 9.59 Å². The highest BCUT2D eigenvalue weighted by Crippen LogP contribution is 2.27. The van der Waals surface area contributed by atoms with E-state index in [-0.39, 0.29) is 12.6 Å². The number of nitrogens with one attached hydrogen (secondary N) is 2. The minimum Gasteiger partial charge on any atom is -0.495 e. The fraction of sp³-hybridized carbons (Fsp3) is 0.294. The molecule has 0 saturated heterocycles. The molecule has 0 aliphatic rings. The number of halogens is 1. The van der Waals surface area contributed by atoms with E-state index in [0.717, 1.165) is 0 Å². The lowest BCUT2D eigenvalue weighted by molar-refractivity contribution is -0.136. The first-order valence-electron chi connectivity index (χ1n) is 7.55. The number of hydrogen-bond donors (Lipinski definition) is 2. The Balaban J connectivity index is 1.93. The Bertz CT molecular complexity index is 731. The summed E-state index contributed by atoms with van der Waals surface area (Å²) in [6.07, 6.45) is 1.56. The molecule has 0 aliphatic carbocycles. The molecule has 0 fully saturated rings. The molecule has 2 aromatic rings. The van der Waals surface area contributed by atoms with Crippen molar-refractivity contribution >= 4 is 29.1 Å². The summed E-state index contributed by atoms with van der Waals surface area (Å²) in [6.45, 7) is 0.232. The minimum absolute atomic E-state index is 0.179. The van der Waals surface area contributed by atoms with Crippen LogP contribution < -0.4 is 15.4 Å². The van der Waals surface area contributed by atoms with Crippen molar-refractivity contribution in [2.24, 2.45) is 0 Å². The maximum absolute atomic E-state index is 12.0. The monoisotopic (exact) mass is 365 g/mol. The molecule has 0 radical (unpaired) electrons. The smallest absolute Gasteiger partial charge is 0.313 e. The van der Waals surface area contributed by atoms with Gasteiger partial charge in [-0.15, -0.1) is 0 Å². The van der Waals surface area contributed by atoms with Gasteiger partial charge in [-0.1, -0.05) is 11.6 Å². The van der Waals surface area contributed by atoms with Crippen molar-refractivity contribution in [1.29, 1.82) is 0 Å². The molecule has 134 valence electrons. The number of carbonyl (C=O) groups excluding carboxylic acids is 2. The maximum atomic E-state index is 12.0. The lowest BCUT2D eigenvalue weighted by atomic mass is 10.2. The molecule has 1 aromatic carbocycles. The summed E-state index contributed by atoms with van der Waals surface area (Å²) in [5.74, 6) is -0.340. The first-order chi connectivity index (χ1) is 11.9. The number of rotatable bonds is 6. The molecule has 1 aromatic heterocycles. The number of amides is 2. The second kappa shape index (κ2) is 8.55. The van der Waals surface area contributed by atoms with Gasteiger partial charge in [0.05, 0.1) is 24.4 Å². The highest BCUT2D eigenvalue weighted by atomic mass is 35.5. The number of furan rings is 1. The normalized spacial score (nSPS) is 11.9. The molecule has 0 aliphatic heterocycles. The van der Waals surface area contributed by atoms with Crippen molar-refractivity contribution < 1.29 is 18.7 Å². The van der Waals surface area contributed by atoms with Crippen molar-refractivity contribution in [3.63, 3.8) is 0 Å². The van der Waals surface area contributed by atoms with Gasteiger partial charge < -0.3 is 19.8 Å². The molecule has 1 unspecified atom stereocenters. The average molecular weight is 366 g/mol. The fourth-order valence-electron chi connectivity index (χ4n) is 2.22. The van der Waals surface area contributed by atoms with E-state index in [0.29, 0.717) is 22.2 Å². The van der Waals surface area contributed by atoms with Crippen molar-refractivity contribution in [3.05, 3.63) is 47.4 Å². The third-order valence-electron chi connectivity index (χ3n) is 3.57. The number of benzene rings is 1. The topological polar surface area (TPSA) is 83.8 Å². The quantitative estimate of drug-likeness (QED) is 0.767. The lowest BCUT2D eigenvalue weighted by Gasteiger charge is -2.22. The van der Waals surface area contributed by atoms with Crippen LogP contribution in [0.1, 0.15) is 11.8 Å². The van der Waals surface area contributed by atoms with Gasteiger partial charge in [-0.3, -0.25) is 14.5 Å². The summed E-state index contributed by atoms with van der Waals surface area (Å²) in [5.41, 5.74) is 0.404. The van der Waals surface area contributed by atoms with Gasteiger partial charge >= 0.3 is 11.8 Å². The van der Waals surface area contributed by atoms with Gasteiger partial charge in [0.2, 0.25) is 0 Å². The molecular formula is C17H20ClN3O4. The van der Waals surface area contributed by atoms with E-state index in [1.165, 1.54) is 13.2 Å². The molecule has 2 rings (SSSR count). The Labute approximate surface area is 150 Å². The Hall–Kier alpha value is -2.51. The Morgan fingerprint density at radius 2 is 2.04 bits per heavy atom. The molecule has 7 nitrogen and oxygen atoms in total. The zero-order chi connectivity index (χ0) is 18.4. The van der Waals surface area contributed by atoms with Gasteiger partial charge in [0.15, 0.2) is 0 Å². The standard InChI is InChI=1S/C17H20ClN3O4/c1-21(2)13(15-5-4-8-25-15)10-19-16(22)17(23)20-11-6-7-14(24-3)12(18)9-11/h4-9,13H,10H2,1-3H3,(H,19,22)(H,20,23). The molecule has 1 atom stereocenters. The molecule has 0 saturated carbocycles. The van der Waals surface area contributed by atoms with Crippen LogP contribution in [0.2, 0.25) is 5.02 Å². The van der Waals surface area contributed by atoms with Crippen molar-refractivity contribution in [2.45, 2.75) is 6.04 Å². The minimum atomic E-state index is -0.779. The van der Waals surface area contributed by atoms with Crippen LogP contribution in [0.5, 0.6) is 5.75 Å². The van der Waals surface area contributed by atoms with Gasteiger partial charge in [0.25, 0.3) is 0 Å². The van der Waals surface area contributed by atoms with E-state index < -0.39 is 11.8 Å². The van der Waals surface area contributed by atoms with Crippen molar-refractivity contribution in [3.8, 4) is 5.75 Å². The number of carbonyl (C=O) groups is 2. The molecule has 2 N–H and O–H groups in total. The van der Waals surface area contributed by atoms with Crippen LogP contribution in [-0.4, -0.2) is 44.5 Å². The van der Waals surface area contributed by atoms with Gasteiger partial charge in [-0.05, 0) is 44.4 Å². The number of nitrogens with zero attached hydrogens (tertiary/aromatic N) is 1. The van der Waals surface area contributed by atoms with E-state index in [9.17, 15) is 9.59 Å². The summed E-state index contributed by atoms with van der Waals surface area (Å²) in [7, 11) is 5.21. The highest BCUT2D eigenvalue weighted by molar-refractivity contribution is 6.40. The van der Waals surface area contributed by atoms with E-state index in [1.807, 2.05) is 25.1 Å². The van der Waals surface area contributed by atoms with E-state index in [1.54, 1.807) is 24.5 Å². The van der Waals surface area contributed by atoms with Crippen LogP contribution in [0.4, 0.5) is 5.69 Å². The average Bonchev–Trinajstić information content (AvgIpc) is 3.09. The third-order valence-corrected chi connectivity index (χ3v) is 3.86. The Morgan fingerprint density at radius 1 is 1.28 bits per heavy atom. The first kappa shape index (κ1) is 18.8. The maximum Gasteiger partial charge on any atom is 0.313 e. The van der Waals surface area contributed by atoms with Gasteiger partial charge in [0, 0.05) is 12.2 Å². The summed E-state index contributed by atoms with van der Waals surface area (Å²) in [4.78, 5) is 25.9. The largest absolute Gasteiger partial charge is 0.495 e. The van der Waals surface area contributed by atoms with E-state index in [4.69, 9.17) is 20.8 Å². The zero-order valence-electron chi connectivity index (χ0n) is 14.2. The van der Waals surface area contributed by atoms with Crippen molar-refractivity contribution in [1.82, 2.24) is 10.2 Å². The molecule has 0 bridgehead atoms. The summed E-state index contributed by atoms with van der Waals surface area (Å²) in [6, 6.07) is 8.12. The Kier molecular flexibility index (Phi) is 6.44. The second-order valence-corrected chi connectivity index (χ2v) is 5.92. The number of methoxy groups -OCH3 is 1. The van der Waals surface area contributed by atoms with Crippen LogP contribution in [0.15, 0.2) is 41.0 Å². The van der Waals surface area contributed by atoms with Gasteiger partial charge in [-0.2, -0.15) is 0 Å². The molecule has 2 amide bonds. The number of hydrogen-bond acceptors (Lipinski definition) is 5. The third kappa shape index (κ3) is 4.98. The summed E-state index contributed by atoms with van der Waals surface area (Å²) >= 11 is 5.99. The molecule has 8 heteroatoms. The van der Waals surface area contributed by atoms with Crippen LogP contribution >= 0.6 is 11.6 Å². The fourth-order valence-corrected chi connectivity index (χ4v) is 2.48. The Morgan fingerprint density at radius 3 is 2.60 bits per heavy atom. The van der Waals surface area contributed by atoms with Gasteiger partial charge in [-0.25, -0.2) is 0 Å². The summed E-state index contributed by atoms with van der Waals surface area (Å²) in [5, 5.41) is 5.43. The number of likely N-dealkylation sites (N-methyl/N-ethyl adjacent to an activating group) is 1. The zero-order valence-corrected chi connectivity index (χ0v) is 15.0. The van der Waals surface area contributed by atoms with E-state index in [2.05, 4.69) is 10.6 Å². The molecule has 0 spiro atoms. The predicted octanol–water partition coefficient (Wildman–Crippen LogP) is 2.30.